The number of nitrogens with zero attached hydrogens (tertiary/aromatic N) is 3. The normalized spacial score (nSPS) is 26.2. The lowest BCUT2D eigenvalue weighted by molar-refractivity contribution is -0.0605. The van der Waals surface area contributed by atoms with E-state index < -0.39 is 0 Å². The maximum Gasteiger partial charge on any atom is 0.193 e. The summed E-state index contributed by atoms with van der Waals surface area (Å²) in [5.74, 6) is 1.40. The van der Waals surface area contributed by atoms with Crippen LogP contribution in [0.2, 0.25) is 0 Å². The van der Waals surface area contributed by atoms with Crippen molar-refractivity contribution >= 4 is 29.9 Å². The number of aliphatic imine (C=N–C) groups is 1. The summed E-state index contributed by atoms with van der Waals surface area (Å²) in [5, 5.41) is 3.58. The van der Waals surface area contributed by atoms with Crippen LogP contribution in [-0.4, -0.2) is 68.2 Å². The molecule has 28 heavy (non-hydrogen) atoms. The number of ether oxygens (including phenoxy) is 1. The molecule has 3 rings (SSSR count). The smallest absolute Gasteiger partial charge is 0.193 e. The van der Waals surface area contributed by atoms with E-state index in [0.29, 0.717) is 5.92 Å². The summed E-state index contributed by atoms with van der Waals surface area (Å²) in [7, 11) is 1.84. The van der Waals surface area contributed by atoms with Crippen LogP contribution >= 0.6 is 24.0 Å². The molecule has 0 aliphatic carbocycles. The van der Waals surface area contributed by atoms with Crippen molar-refractivity contribution in [3.63, 3.8) is 0 Å². The van der Waals surface area contributed by atoms with Crippen molar-refractivity contribution in [1.29, 1.82) is 0 Å². The van der Waals surface area contributed by atoms with E-state index in [4.69, 9.17) is 4.74 Å². The first kappa shape index (κ1) is 23.3. The Hall–Kier alpha value is -0.930. The summed E-state index contributed by atoms with van der Waals surface area (Å²) < 4.78 is 19.3. The zero-order valence-corrected chi connectivity index (χ0v) is 19.6. The van der Waals surface area contributed by atoms with Gasteiger partial charge in [-0.1, -0.05) is 19.1 Å². The third-order valence-electron chi connectivity index (χ3n) is 5.47. The van der Waals surface area contributed by atoms with Crippen molar-refractivity contribution in [2.24, 2.45) is 10.9 Å². The van der Waals surface area contributed by atoms with Crippen LogP contribution in [0.4, 0.5) is 4.39 Å². The number of benzene rings is 1. The van der Waals surface area contributed by atoms with Crippen LogP contribution in [0.25, 0.3) is 0 Å². The average Bonchev–Trinajstić information content (AvgIpc) is 3.10. The number of hydrogen-bond donors (Lipinski definition) is 1. The lowest BCUT2D eigenvalue weighted by atomic mass is 10.1. The summed E-state index contributed by atoms with van der Waals surface area (Å²) in [4.78, 5) is 9.32. The summed E-state index contributed by atoms with van der Waals surface area (Å²) in [6, 6.07) is 6.62. The molecular weight excluding hydrogens is 470 g/mol. The van der Waals surface area contributed by atoms with Crippen LogP contribution in [0, 0.1) is 11.7 Å². The molecule has 0 saturated carbocycles. The summed E-state index contributed by atoms with van der Waals surface area (Å²) in [6.07, 6.45) is 2.50. The van der Waals surface area contributed by atoms with Gasteiger partial charge in [0.2, 0.25) is 0 Å². The Morgan fingerprint density at radius 1 is 1.25 bits per heavy atom. The number of morpholine rings is 1. The molecule has 2 fully saturated rings. The number of rotatable bonds is 5. The van der Waals surface area contributed by atoms with Crippen LogP contribution in [-0.2, 0) is 4.74 Å². The fourth-order valence-corrected chi connectivity index (χ4v) is 4.15. The van der Waals surface area contributed by atoms with Crippen LogP contribution in [0.3, 0.4) is 0 Å². The van der Waals surface area contributed by atoms with E-state index in [0.717, 1.165) is 31.2 Å². The molecule has 2 heterocycles. The molecule has 0 amide bonds. The highest BCUT2D eigenvalue weighted by molar-refractivity contribution is 14.0. The van der Waals surface area contributed by atoms with Crippen LogP contribution < -0.4 is 5.32 Å². The Balaban J connectivity index is 0.00000280. The molecule has 0 bridgehead atoms. The molecule has 0 radical (unpaired) electrons. The minimum atomic E-state index is -0.217. The average molecular weight is 504 g/mol. The standard InChI is InChI=1S/C21H33FN4O.HI/c1-4-10-25-11-9-17(14-25)12-24-21(23-3)26-13-16(2)27-20(15-26)18-5-7-19(22)8-6-18;/h5-8,16-17,20H,4,9-15H2,1-3H3,(H,23,24);1H. The fraction of sp³-hybridized carbons (Fsp3) is 0.667. The van der Waals surface area contributed by atoms with Crippen molar-refractivity contribution < 1.29 is 9.13 Å². The second-order valence-electron chi connectivity index (χ2n) is 7.78. The molecule has 3 unspecified atom stereocenters. The maximum absolute atomic E-state index is 13.2. The minimum Gasteiger partial charge on any atom is -0.367 e. The molecule has 0 spiro atoms. The Bertz CT molecular complexity index is 627. The Labute approximate surface area is 185 Å². The van der Waals surface area contributed by atoms with Crippen molar-refractivity contribution in [1.82, 2.24) is 15.1 Å². The van der Waals surface area contributed by atoms with E-state index in [2.05, 4.69) is 34.0 Å². The van der Waals surface area contributed by atoms with Gasteiger partial charge in [-0.3, -0.25) is 4.99 Å². The predicted octanol–water partition coefficient (Wildman–Crippen LogP) is 3.51. The second kappa shape index (κ2) is 11.3. The highest BCUT2D eigenvalue weighted by atomic mass is 127. The third kappa shape index (κ3) is 6.29. The van der Waals surface area contributed by atoms with Crippen molar-refractivity contribution in [3.8, 4) is 0 Å². The third-order valence-corrected chi connectivity index (χ3v) is 5.47. The molecule has 1 aromatic carbocycles. The SMILES string of the molecule is CCCN1CCC(CNC(=NC)N2CC(C)OC(c3ccc(F)cc3)C2)C1.I. The van der Waals surface area contributed by atoms with Crippen LogP contribution in [0.1, 0.15) is 38.4 Å². The number of halogens is 2. The van der Waals surface area contributed by atoms with Gasteiger partial charge in [0.1, 0.15) is 11.9 Å². The number of nitrogens with one attached hydrogen (secondary N) is 1. The lowest BCUT2D eigenvalue weighted by Crippen LogP contribution is -2.51. The van der Waals surface area contributed by atoms with Gasteiger partial charge in [-0.05, 0) is 56.5 Å². The molecule has 2 aliphatic heterocycles. The molecular formula is C21H34FIN4O. The molecule has 1 aromatic rings. The summed E-state index contributed by atoms with van der Waals surface area (Å²) in [6.45, 7) is 10.4. The molecule has 5 nitrogen and oxygen atoms in total. The Morgan fingerprint density at radius 3 is 2.68 bits per heavy atom. The van der Waals surface area contributed by atoms with Gasteiger partial charge in [-0.2, -0.15) is 0 Å². The van der Waals surface area contributed by atoms with Crippen LogP contribution in [0.15, 0.2) is 29.3 Å². The lowest BCUT2D eigenvalue weighted by Gasteiger charge is -2.39. The van der Waals surface area contributed by atoms with E-state index in [-0.39, 0.29) is 42.0 Å². The fourth-order valence-electron chi connectivity index (χ4n) is 4.15. The first-order valence-corrected chi connectivity index (χ1v) is 10.2. The maximum atomic E-state index is 13.2. The zero-order valence-electron chi connectivity index (χ0n) is 17.2. The van der Waals surface area contributed by atoms with E-state index in [9.17, 15) is 4.39 Å². The minimum absolute atomic E-state index is 0. The van der Waals surface area contributed by atoms with E-state index in [1.807, 2.05) is 19.2 Å². The largest absolute Gasteiger partial charge is 0.367 e. The quantitative estimate of drug-likeness (QED) is 0.379. The highest BCUT2D eigenvalue weighted by Gasteiger charge is 2.29. The van der Waals surface area contributed by atoms with Gasteiger partial charge < -0.3 is 19.9 Å². The molecule has 0 aromatic heterocycles. The molecule has 2 saturated heterocycles. The number of hydrogen-bond acceptors (Lipinski definition) is 3. The van der Waals surface area contributed by atoms with E-state index >= 15 is 0 Å². The van der Waals surface area contributed by atoms with Gasteiger partial charge in [-0.15, -0.1) is 24.0 Å². The monoisotopic (exact) mass is 504 g/mol. The van der Waals surface area contributed by atoms with Crippen molar-refractivity contribution in [3.05, 3.63) is 35.6 Å². The van der Waals surface area contributed by atoms with Gasteiger partial charge in [-0.25, -0.2) is 4.39 Å². The van der Waals surface area contributed by atoms with Crippen LogP contribution in [0.5, 0.6) is 0 Å². The molecule has 158 valence electrons. The topological polar surface area (TPSA) is 40.1 Å². The zero-order chi connectivity index (χ0) is 19.2. The van der Waals surface area contributed by atoms with Gasteiger partial charge in [0, 0.05) is 26.7 Å². The van der Waals surface area contributed by atoms with Gasteiger partial charge >= 0.3 is 0 Å². The van der Waals surface area contributed by atoms with E-state index in [1.165, 1.54) is 44.6 Å². The molecule has 3 atom stereocenters. The summed E-state index contributed by atoms with van der Waals surface area (Å²) in [5.41, 5.74) is 1.01. The summed E-state index contributed by atoms with van der Waals surface area (Å²) >= 11 is 0. The van der Waals surface area contributed by atoms with E-state index in [1.54, 1.807) is 0 Å². The molecule has 1 N–H and O–H groups in total. The predicted molar refractivity (Wildman–Crippen MR) is 123 cm³/mol. The van der Waals surface area contributed by atoms with Crippen molar-refractivity contribution in [2.45, 2.75) is 38.9 Å². The van der Waals surface area contributed by atoms with Crippen molar-refractivity contribution in [2.75, 3.05) is 46.3 Å². The first-order chi connectivity index (χ1) is 13.1. The number of likely N-dealkylation sites (tertiary alicyclic amines) is 1. The number of guanidine groups is 1. The molecule has 2 aliphatic rings. The van der Waals surface area contributed by atoms with Gasteiger partial charge in [0.15, 0.2) is 5.96 Å². The second-order valence-corrected chi connectivity index (χ2v) is 7.78. The Morgan fingerprint density at radius 2 is 2.00 bits per heavy atom. The molecule has 7 heteroatoms. The Kier molecular flexibility index (Phi) is 9.43. The van der Waals surface area contributed by atoms with Gasteiger partial charge in [0.25, 0.3) is 0 Å². The highest BCUT2D eigenvalue weighted by Crippen LogP contribution is 2.25. The first-order valence-electron chi connectivity index (χ1n) is 10.2. The van der Waals surface area contributed by atoms with Gasteiger partial charge in [0.05, 0.1) is 12.6 Å².